The Kier molecular flexibility index (Phi) is 5.00. The molecule has 1 aromatic rings. The van der Waals surface area contributed by atoms with Gasteiger partial charge < -0.3 is 10.1 Å². The van der Waals surface area contributed by atoms with Gasteiger partial charge in [0.25, 0.3) is 0 Å². The summed E-state index contributed by atoms with van der Waals surface area (Å²) in [6.45, 7) is 0.705. The first-order valence-electron chi connectivity index (χ1n) is 4.75. The molecule has 14 heavy (non-hydrogen) atoms. The van der Waals surface area contributed by atoms with E-state index in [0.29, 0.717) is 13.2 Å². The van der Waals surface area contributed by atoms with Crippen molar-refractivity contribution in [2.45, 2.75) is 6.42 Å². The zero-order valence-electron chi connectivity index (χ0n) is 8.42. The highest BCUT2D eigenvalue weighted by Gasteiger charge is 1.99. The summed E-state index contributed by atoms with van der Waals surface area (Å²) >= 11 is 0. The third-order valence-corrected chi connectivity index (χ3v) is 2.00. The highest BCUT2D eigenvalue weighted by atomic mass is 19.1. The van der Waals surface area contributed by atoms with Gasteiger partial charge in [-0.25, -0.2) is 4.39 Å². The Balaban J connectivity index is 2.60. The van der Waals surface area contributed by atoms with E-state index in [0.717, 1.165) is 12.1 Å². The molecule has 2 nitrogen and oxygen atoms in total. The van der Waals surface area contributed by atoms with Crippen LogP contribution in [0.2, 0.25) is 0 Å². The van der Waals surface area contributed by atoms with Gasteiger partial charge in [-0.1, -0.05) is 18.2 Å². The maximum Gasteiger partial charge on any atom is 0.107 e. The van der Waals surface area contributed by atoms with Crippen LogP contribution in [0, 0.1) is 0 Å². The molecule has 3 heteroatoms. The van der Waals surface area contributed by atoms with Crippen LogP contribution in [-0.2, 0) is 11.2 Å². The van der Waals surface area contributed by atoms with Crippen LogP contribution in [0.3, 0.4) is 0 Å². The first-order chi connectivity index (χ1) is 6.88. The Bertz CT molecular complexity index is 238. The molecule has 78 valence electrons. The number of anilines is 1. The van der Waals surface area contributed by atoms with Gasteiger partial charge in [-0.15, -0.1) is 0 Å². The van der Waals surface area contributed by atoms with E-state index in [4.69, 9.17) is 4.74 Å². The molecule has 1 rings (SSSR count). The maximum absolute atomic E-state index is 12.0. The third kappa shape index (κ3) is 3.34. The molecule has 0 saturated carbocycles. The second-order valence-electron chi connectivity index (χ2n) is 3.02. The molecule has 0 amide bonds. The van der Waals surface area contributed by atoms with Crippen molar-refractivity contribution in [3.63, 3.8) is 0 Å². The number of para-hydroxylation sites is 1. The summed E-state index contributed by atoms with van der Waals surface area (Å²) in [5.74, 6) is 0. The minimum Gasteiger partial charge on any atom is -0.384 e. The molecule has 0 aliphatic carbocycles. The molecule has 0 fully saturated rings. The summed E-state index contributed by atoms with van der Waals surface area (Å²) in [7, 11) is 1.68. The van der Waals surface area contributed by atoms with Crippen LogP contribution in [0.1, 0.15) is 5.56 Å². The van der Waals surface area contributed by atoms with Crippen molar-refractivity contribution in [2.75, 3.05) is 32.3 Å². The number of alkyl halides is 1. The molecule has 0 spiro atoms. The molecule has 0 aliphatic rings. The lowest BCUT2D eigenvalue weighted by Crippen LogP contribution is -2.06. The fourth-order valence-electron chi connectivity index (χ4n) is 1.30. The zero-order valence-corrected chi connectivity index (χ0v) is 8.42. The third-order valence-electron chi connectivity index (χ3n) is 2.00. The minimum atomic E-state index is -0.349. The highest BCUT2D eigenvalue weighted by molar-refractivity contribution is 5.51. The number of rotatable bonds is 6. The summed E-state index contributed by atoms with van der Waals surface area (Å²) in [5.41, 5.74) is 2.17. The molecule has 1 N–H and O–H groups in total. The normalized spacial score (nSPS) is 10.1. The van der Waals surface area contributed by atoms with E-state index in [9.17, 15) is 4.39 Å². The van der Waals surface area contributed by atoms with Crippen molar-refractivity contribution in [1.29, 1.82) is 0 Å². The molecule has 1 aromatic carbocycles. The van der Waals surface area contributed by atoms with E-state index in [2.05, 4.69) is 5.32 Å². The average Bonchev–Trinajstić information content (AvgIpc) is 2.24. The lowest BCUT2D eigenvalue weighted by atomic mass is 10.1. The van der Waals surface area contributed by atoms with Crippen molar-refractivity contribution in [1.82, 2.24) is 0 Å². The summed E-state index contributed by atoms with van der Waals surface area (Å²) in [4.78, 5) is 0. The Hall–Kier alpha value is -1.09. The smallest absolute Gasteiger partial charge is 0.107 e. The molecule has 0 heterocycles. The molecule has 0 atom stereocenters. The SMILES string of the molecule is COCCc1ccccc1NCCF. The van der Waals surface area contributed by atoms with Crippen molar-refractivity contribution in [3.8, 4) is 0 Å². The quantitative estimate of drug-likeness (QED) is 0.755. The predicted molar refractivity (Wildman–Crippen MR) is 56.5 cm³/mol. The summed E-state index contributed by atoms with van der Waals surface area (Å²) in [6.07, 6.45) is 0.853. The molecule has 0 radical (unpaired) electrons. The monoisotopic (exact) mass is 197 g/mol. The van der Waals surface area contributed by atoms with Crippen LogP contribution in [0.15, 0.2) is 24.3 Å². The topological polar surface area (TPSA) is 21.3 Å². The summed E-state index contributed by atoms with van der Waals surface area (Å²) in [6, 6.07) is 7.91. The van der Waals surface area contributed by atoms with E-state index < -0.39 is 0 Å². The molecule has 0 saturated heterocycles. The zero-order chi connectivity index (χ0) is 10.2. The van der Waals surface area contributed by atoms with Crippen LogP contribution in [0.25, 0.3) is 0 Å². The molecular weight excluding hydrogens is 181 g/mol. The Morgan fingerprint density at radius 2 is 2.14 bits per heavy atom. The van der Waals surface area contributed by atoms with Gasteiger partial charge >= 0.3 is 0 Å². The fraction of sp³-hybridized carbons (Fsp3) is 0.455. The van der Waals surface area contributed by atoms with Gasteiger partial charge in [0, 0.05) is 19.3 Å². The number of benzene rings is 1. The largest absolute Gasteiger partial charge is 0.384 e. The van der Waals surface area contributed by atoms with Crippen molar-refractivity contribution < 1.29 is 9.13 Å². The summed E-state index contributed by atoms with van der Waals surface area (Å²) < 4.78 is 17.0. The number of halogens is 1. The predicted octanol–water partition coefficient (Wildman–Crippen LogP) is 2.26. The van der Waals surface area contributed by atoms with Gasteiger partial charge in [0.1, 0.15) is 6.67 Å². The van der Waals surface area contributed by atoms with E-state index in [1.54, 1.807) is 7.11 Å². The minimum absolute atomic E-state index is 0.349. The van der Waals surface area contributed by atoms with Gasteiger partial charge in [-0.3, -0.25) is 0 Å². The molecular formula is C11H16FNO. The van der Waals surface area contributed by atoms with Crippen LogP contribution in [-0.4, -0.2) is 26.9 Å². The molecule has 0 unspecified atom stereocenters. The van der Waals surface area contributed by atoms with Crippen LogP contribution >= 0.6 is 0 Å². The lowest BCUT2D eigenvalue weighted by molar-refractivity contribution is 0.202. The van der Waals surface area contributed by atoms with Crippen LogP contribution in [0.4, 0.5) is 10.1 Å². The second-order valence-corrected chi connectivity index (χ2v) is 3.02. The van der Waals surface area contributed by atoms with E-state index in [-0.39, 0.29) is 6.67 Å². The summed E-state index contributed by atoms with van der Waals surface area (Å²) in [5, 5.41) is 3.04. The lowest BCUT2D eigenvalue weighted by Gasteiger charge is -2.10. The number of hydrogen-bond acceptors (Lipinski definition) is 2. The van der Waals surface area contributed by atoms with E-state index in [1.165, 1.54) is 5.56 Å². The molecule has 0 aromatic heterocycles. The Morgan fingerprint density at radius 3 is 2.86 bits per heavy atom. The highest BCUT2D eigenvalue weighted by Crippen LogP contribution is 2.15. The van der Waals surface area contributed by atoms with E-state index in [1.807, 2.05) is 24.3 Å². The first-order valence-corrected chi connectivity index (χ1v) is 4.75. The van der Waals surface area contributed by atoms with Crippen LogP contribution < -0.4 is 5.32 Å². The Labute approximate surface area is 84.1 Å². The van der Waals surface area contributed by atoms with E-state index >= 15 is 0 Å². The number of nitrogens with one attached hydrogen (secondary N) is 1. The fourth-order valence-corrected chi connectivity index (χ4v) is 1.30. The standard InChI is InChI=1S/C11H16FNO/c1-14-9-6-10-4-2-3-5-11(10)13-8-7-12/h2-5,13H,6-9H2,1H3. The number of methoxy groups -OCH3 is 1. The first kappa shape index (κ1) is 11.0. The van der Waals surface area contributed by atoms with Crippen molar-refractivity contribution in [3.05, 3.63) is 29.8 Å². The maximum atomic E-state index is 12.0. The van der Waals surface area contributed by atoms with Gasteiger partial charge in [-0.05, 0) is 18.1 Å². The van der Waals surface area contributed by atoms with Gasteiger partial charge in [-0.2, -0.15) is 0 Å². The van der Waals surface area contributed by atoms with Crippen molar-refractivity contribution >= 4 is 5.69 Å². The molecule has 0 bridgehead atoms. The average molecular weight is 197 g/mol. The van der Waals surface area contributed by atoms with Gasteiger partial charge in [0.05, 0.1) is 6.61 Å². The van der Waals surface area contributed by atoms with Crippen LogP contribution in [0.5, 0.6) is 0 Å². The second kappa shape index (κ2) is 6.38. The molecule has 0 aliphatic heterocycles. The number of hydrogen-bond donors (Lipinski definition) is 1. The Morgan fingerprint density at radius 1 is 1.36 bits per heavy atom. The van der Waals surface area contributed by atoms with Crippen molar-refractivity contribution in [2.24, 2.45) is 0 Å². The number of ether oxygens (including phenoxy) is 1. The van der Waals surface area contributed by atoms with Gasteiger partial charge in [0.2, 0.25) is 0 Å². The van der Waals surface area contributed by atoms with Gasteiger partial charge in [0.15, 0.2) is 0 Å².